The fourth-order valence-corrected chi connectivity index (χ4v) is 2.80. The highest BCUT2D eigenvalue weighted by atomic mass is 35.5. The number of nitrogens with one attached hydrogen (secondary N) is 2. The Kier molecular flexibility index (Phi) is 4.78. The van der Waals surface area contributed by atoms with Crippen LogP contribution in [0.5, 0.6) is 0 Å². The number of furan rings is 1. The van der Waals surface area contributed by atoms with Crippen LogP contribution >= 0.6 is 11.6 Å². The van der Waals surface area contributed by atoms with Gasteiger partial charge in [-0.2, -0.15) is 0 Å². The van der Waals surface area contributed by atoms with Crippen LogP contribution in [0.15, 0.2) is 40.9 Å². The van der Waals surface area contributed by atoms with Crippen molar-refractivity contribution in [2.75, 3.05) is 7.11 Å². The van der Waals surface area contributed by atoms with E-state index in [4.69, 9.17) is 20.8 Å². The number of benzene rings is 1. The Morgan fingerprint density at radius 3 is 2.64 bits per heavy atom. The van der Waals surface area contributed by atoms with Gasteiger partial charge in [0, 0.05) is 31.3 Å². The van der Waals surface area contributed by atoms with Crippen molar-refractivity contribution >= 4 is 34.4 Å². The second kappa shape index (κ2) is 7.00. The zero-order valence-electron chi connectivity index (χ0n) is 13.6. The molecule has 2 aromatic heterocycles. The summed E-state index contributed by atoms with van der Waals surface area (Å²) in [4.78, 5) is 24.6. The summed E-state index contributed by atoms with van der Waals surface area (Å²) < 4.78 is 12.3. The van der Waals surface area contributed by atoms with Crippen LogP contribution in [0, 0.1) is 0 Å². The molecule has 0 unspecified atom stereocenters. The summed E-state index contributed by atoms with van der Waals surface area (Å²) in [6.45, 7) is 0.209. The average Bonchev–Trinajstić information content (AvgIpc) is 3.13. The maximum atomic E-state index is 12.4. The van der Waals surface area contributed by atoms with E-state index >= 15 is 0 Å². The fraction of sp³-hybridized carbons (Fsp3) is 0.176. The van der Waals surface area contributed by atoms with Crippen LogP contribution in [0.2, 0.25) is 5.02 Å². The molecular weight excluding hydrogens is 346 g/mol. The topological polar surface area (TPSA) is 85.5 Å². The van der Waals surface area contributed by atoms with E-state index in [1.807, 2.05) is 18.2 Å². The summed E-state index contributed by atoms with van der Waals surface area (Å²) in [5.41, 5.74) is 6.19. The predicted octanol–water partition coefficient (Wildman–Crippen LogP) is 2.65. The van der Waals surface area contributed by atoms with Gasteiger partial charge in [-0.25, -0.2) is 0 Å². The van der Waals surface area contributed by atoms with Crippen LogP contribution in [0.25, 0.3) is 11.0 Å². The molecule has 0 bridgehead atoms. The van der Waals surface area contributed by atoms with Crippen molar-refractivity contribution in [1.29, 1.82) is 0 Å². The summed E-state index contributed by atoms with van der Waals surface area (Å²) in [5.74, 6) is -0.975. The molecule has 0 fully saturated rings. The minimum Gasteiger partial charge on any atom is -0.450 e. The molecule has 3 rings (SSSR count). The maximum Gasteiger partial charge on any atom is 0.305 e. The number of carbonyl (C=O) groups is 2. The molecule has 3 aromatic rings. The molecule has 2 N–H and O–H groups in total. The maximum absolute atomic E-state index is 12.4. The minimum absolute atomic E-state index is 0.0910. The Labute approximate surface area is 148 Å². The Balaban J connectivity index is 1.79. The SMILES string of the molecule is COCc1c(C(=O)NNC(=O)c2cc(Cl)cn2C)oc2ccccc12. The number of nitrogens with zero attached hydrogens (tertiary/aromatic N) is 1. The first-order valence-corrected chi connectivity index (χ1v) is 7.81. The molecule has 0 radical (unpaired) electrons. The van der Waals surface area contributed by atoms with Crippen LogP contribution < -0.4 is 10.9 Å². The largest absolute Gasteiger partial charge is 0.450 e. The van der Waals surface area contributed by atoms with Crippen molar-refractivity contribution in [3.8, 4) is 0 Å². The van der Waals surface area contributed by atoms with Gasteiger partial charge in [-0.05, 0) is 12.1 Å². The number of hydrogen-bond acceptors (Lipinski definition) is 4. The highest BCUT2D eigenvalue weighted by molar-refractivity contribution is 6.31. The molecular formula is C17H16ClN3O4. The molecule has 130 valence electrons. The molecule has 25 heavy (non-hydrogen) atoms. The van der Waals surface area contributed by atoms with E-state index in [0.717, 1.165) is 5.39 Å². The first-order chi connectivity index (χ1) is 12.0. The first kappa shape index (κ1) is 17.1. The number of hydrogen-bond donors (Lipinski definition) is 2. The summed E-state index contributed by atoms with van der Waals surface area (Å²) in [7, 11) is 3.21. The quantitative estimate of drug-likeness (QED) is 0.699. The molecule has 0 aliphatic rings. The molecule has 2 heterocycles. The Morgan fingerprint density at radius 2 is 1.96 bits per heavy atom. The van der Waals surface area contributed by atoms with E-state index < -0.39 is 11.8 Å². The molecule has 8 heteroatoms. The zero-order valence-corrected chi connectivity index (χ0v) is 14.4. The number of amides is 2. The second-order valence-electron chi connectivity index (χ2n) is 5.40. The van der Waals surface area contributed by atoms with Crippen LogP contribution in [-0.2, 0) is 18.4 Å². The van der Waals surface area contributed by atoms with Gasteiger partial charge < -0.3 is 13.7 Å². The third kappa shape index (κ3) is 3.38. The van der Waals surface area contributed by atoms with Crippen molar-refractivity contribution < 1.29 is 18.7 Å². The van der Waals surface area contributed by atoms with E-state index in [0.29, 0.717) is 21.9 Å². The number of fused-ring (bicyclic) bond motifs is 1. The molecule has 0 aliphatic heterocycles. The van der Waals surface area contributed by atoms with Crippen molar-refractivity contribution in [2.45, 2.75) is 6.61 Å². The van der Waals surface area contributed by atoms with Gasteiger partial charge in [-0.15, -0.1) is 0 Å². The molecule has 1 aromatic carbocycles. The average molecular weight is 362 g/mol. The number of hydrazine groups is 1. The molecule has 0 saturated carbocycles. The van der Waals surface area contributed by atoms with Crippen LogP contribution in [-0.4, -0.2) is 23.5 Å². The predicted molar refractivity (Wildman–Crippen MR) is 92.3 cm³/mol. The van der Waals surface area contributed by atoms with Gasteiger partial charge in [0.05, 0.1) is 11.6 Å². The first-order valence-electron chi connectivity index (χ1n) is 7.43. The molecule has 0 spiro atoms. The van der Waals surface area contributed by atoms with Gasteiger partial charge in [-0.3, -0.25) is 20.4 Å². The van der Waals surface area contributed by atoms with Gasteiger partial charge >= 0.3 is 5.91 Å². The molecule has 0 aliphatic carbocycles. The Hall–Kier alpha value is -2.77. The summed E-state index contributed by atoms with van der Waals surface area (Å²) in [5, 5.41) is 1.22. The second-order valence-corrected chi connectivity index (χ2v) is 5.84. The highest BCUT2D eigenvalue weighted by Crippen LogP contribution is 2.26. The van der Waals surface area contributed by atoms with E-state index in [9.17, 15) is 9.59 Å². The lowest BCUT2D eigenvalue weighted by Crippen LogP contribution is -2.42. The van der Waals surface area contributed by atoms with E-state index in [1.165, 1.54) is 13.2 Å². The standard InChI is InChI=1S/C17H16ClN3O4/c1-21-8-10(18)7-13(21)16(22)19-20-17(23)15-12(9-24-2)11-5-3-4-6-14(11)25-15/h3-8H,9H2,1-2H3,(H,19,22)(H,20,23). The number of carbonyl (C=O) groups excluding carboxylic acids is 2. The minimum atomic E-state index is -0.572. The van der Waals surface area contributed by atoms with Crippen molar-refractivity contribution in [3.05, 3.63) is 58.6 Å². The highest BCUT2D eigenvalue weighted by Gasteiger charge is 2.21. The van der Waals surface area contributed by atoms with Crippen molar-refractivity contribution in [2.24, 2.45) is 7.05 Å². The van der Waals surface area contributed by atoms with E-state index in [-0.39, 0.29) is 12.4 Å². The summed E-state index contributed by atoms with van der Waals surface area (Å²) in [6.07, 6.45) is 1.59. The van der Waals surface area contributed by atoms with E-state index in [1.54, 1.807) is 23.9 Å². The monoisotopic (exact) mass is 361 g/mol. The number of para-hydroxylation sites is 1. The van der Waals surface area contributed by atoms with Gasteiger partial charge in [0.25, 0.3) is 5.91 Å². The van der Waals surface area contributed by atoms with Gasteiger partial charge in [0.15, 0.2) is 5.76 Å². The lowest BCUT2D eigenvalue weighted by atomic mass is 10.1. The summed E-state index contributed by atoms with van der Waals surface area (Å²) in [6, 6.07) is 8.76. The zero-order chi connectivity index (χ0) is 18.0. The molecule has 2 amide bonds. The normalized spacial score (nSPS) is 10.8. The van der Waals surface area contributed by atoms with Crippen LogP contribution in [0.3, 0.4) is 0 Å². The van der Waals surface area contributed by atoms with E-state index in [2.05, 4.69) is 10.9 Å². The van der Waals surface area contributed by atoms with Gasteiger partial charge in [0.1, 0.15) is 11.3 Å². The smallest absolute Gasteiger partial charge is 0.305 e. The van der Waals surface area contributed by atoms with Gasteiger partial charge in [-0.1, -0.05) is 29.8 Å². The number of aryl methyl sites for hydroxylation is 1. The van der Waals surface area contributed by atoms with Gasteiger partial charge in [0.2, 0.25) is 0 Å². The van der Waals surface area contributed by atoms with Crippen molar-refractivity contribution in [3.63, 3.8) is 0 Å². The molecule has 0 atom stereocenters. The third-order valence-corrected chi connectivity index (χ3v) is 3.89. The Morgan fingerprint density at radius 1 is 1.24 bits per heavy atom. The molecule has 7 nitrogen and oxygen atoms in total. The fourth-order valence-electron chi connectivity index (χ4n) is 2.55. The number of ether oxygens (including phenoxy) is 1. The summed E-state index contributed by atoms with van der Waals surface area (Å²) >= 11 is 5.85. The number of rotatable bonds is 4. The lowest BCUT2D eigenvalue weighted by molar-refractivity contribution is 0.0824. The van der Waals surface area contributed by atoms with Crippen LogP contribution in [0.4, 0.5) is 0 Å². The Bertz CT molecular complexity index is 945. The van der Waals surface area contributed by atoms with Crippen molar-refractivity contribution in [1.82, 2.24) is 15.4 Å². The number of aromatic nitrogens is 1. The number of halogens is 1. The number of methoxy groups -OCH3 is 1. The molecule has 0 saturated heterocycles. The van der Waals surface area contributed by atoms with Crippen LogP contribution in [0.1, 0.15) is 26.6 Å². The lowest BCUT2D eigenvalue weighted by Gasteiger charge is -2.07. The third-order valence-electron chi connectivity index (χ3n) is 3.69.